The number of carbonyl (C=O) groups excluding carboxylic acids is 1. The van der Waals surface area contributed by atoms with Gasteiger partial charge in [-0.05, 0) is 24.6 Å². The molecule has 0 unspecified atom stereocenters. The van der Waals surface area contributed by atoms with Crippen LogP contribution in [0.1, 0.15) is 29.3 Å². The highest BCUT2D eigenvalue weighted by molar-refractivity contribution is 5.94. The number of amides is 1. The van der Waals surface area contributed by atoms with Gasteiger partial charge in [0, 0.05) is 25.8 Å². The molecule has 1 rings (SSSR count). The van der Waals surface area contributed by atoms with Gasteiger partial charge >= 0.3 is 5.97 Å². The van der Waals surface area contributed by atoms with Crippen LogP contribution in [0.15, 0.2) is 24.3 Å². The number of hydrogen-bond donors (Lipinski definition) is 1. The van der Waals surface area contributed by atoms with Gasteiger partial charge in [-0.15, -0.1) is 0 Å². The summed E-state index contributed by atoms with van der Waals surface area (Å²) in [4.78, 5) is 24.3. The van der Waals surface area contributed by atoms with Crippen LogP contribution in [0.4, 0.5) is 0 Å². The maximum absolute atomic E-state index is 12.2. The van der Waals surface area contributed by atoms with E-state index in [9.17, 15) is 9.59 Å². The van der Waals surface area contributed by atoms with Crippen LogP contribution in [-0.2, 0) is 16.1 Å². The molecule has 0 bridgehead atoms. The van der Waals surface area contributed by atoms with Crippen molar-refractivity contribution in [3.63, 3.8) is 0 Å². The molecule has 5 nitrogen and oxygen atoms in total. The Morgan fingerprint density at radius 1 is 1.37 bits per heavy atom. The van der Waals surface area contributed by atoms with Gasteiger partial charge in [-0.1, -0.05) is 12.1 Å². The third-order valence-corrected chi connectivity index (χ3v) is 2.75. The number of ether oxygens (including phenoxy) is 1. The molecule has 5 heteroatoms. The van der Waals surface area contributed by atoms with Crippen molar-refractivity contribution < 1.29 is 19.4 Å². The summed E-state index contributed by atoms with van der Waals surface area (Å²) < 4.78 is 5.03. The van der Waals surface area contributed by atoms with Gasteiger partial charge in [0.1, 0.15) is 0 Å². The molecular formula is C14H19NO4. The average molecular weight is 265 g/mol. The number of benzene rings is 1. The van der Waals surface area contributed by atoms with Crippen molar-refractivity contribution in [2.45, 2.75) is 20.0 Å². The number of methoxy groups -OCH3 is 1. The van der Waals surface area contributed by atoms with Crippen LogP contribution in [0.5, 0.6) is 0 Å². The summed E-state index contributed by atoms with van der Waals surface area (Å²) in [5.74, 6) is -1.05. The fourth-order valence-electron chi connectivity index (χ4n) is 1.78. The number of carboxylic acid groups (broad SMARTS) is 1. The van der Waals surface area contributed by atoms with Crippen molar-refractivity contribution in [2.24, 2.45) is 0 Å². The highest BCUT2D eigenvalue weighted by Gasteiger charge is 2.15. The number of carboxylic acids is 1. The third kappa shape index (κ3) is 4.71. The Morgan fingerprint density at radius 2 is 2.11 bits per heavy atom. The Kier molecular flexibility index (Phi) is 6.02. The molecule has 0 saturated heterocycles. The lowest BCUT2D eigenvalue weighted by atomic mass is 10.1. The molecule has 0 aliphatic carbocycles. The lowest BCUT2D eigenvalue weighted by molar-refractivity contribution is -0.137. The zero-order valence-electron chi connectivity index (χ0n) is 11.3. The first-order chi connectivity index (χ1) is 9.08. The summed E-state index contributed by atoms with van der Waals surface area (Å²) in [6.07, 6.45) is -0.0443. The highest BCUT2D eigenvalue weighted by atomic mass is 16.5. The lowest BCUT2D eigenvalue weighted by Crippen LogP contribution is -2.32. The fourth-order valence-corrected chi connectivity index (χ4v) is 1.78. The molecule has 0 fully saturated rings. The first kappa shape index (κ1) is 15.2. The Bertz CT molecular complexity index is 445. The summed E-state index contributed by atoms with van der Waals surface area (Å²) in [7, 11) is 1.60. The summed E-state index contributed by atoms with van der Waals surface area (Å²) in [6.45, 7) is 2.99. The van der Waals surface area contributed by atoms with E-state index in [0.717, 1.165) is 5.56 Å². The molecule has 0 aliphatic heterocycles. The minimum atomic E-state index is -0.903. The molecule has 1 aromatic carbocycles. The van der Waals surface area contributed by atoms with Gasteiger partial charge in [0.25, 0.3) is 5.91 Å². The average Bonchev–Trinajstić information content (AvgIpc) is 2.39. The SMILES string of the molecule is CCN(CCC(=O)O)C(=O)c1cccc(COC)c1. The van der Waals surface area contributed by atoms with Crippen LogP contribution in [0.25, 0.3) is 0 Å². The van der Waals surface area contributed by atoms with Crippen molar-refractivity contribution in [2.75, 3.05) is 20.2 Å². The second kappa shape index (κ2) is 7.53. The number of rotatable bonds is 7. The summed E-state index contributed by atoms with van der Waals surface area (Å²) in [5, 5.41) is 8.67. The zero-order valence-corrected chi connectivity index (χ0v) is 11.3. The maximum Gasteiger partial charge on any atom is 0.305 e. The van der Waals surface area contributed by atoms with Gasteiger partial charge < -0.3 is 14.7 Å². The monoisotopic (exact) mass is 265 g/mol. The molecule has 0 atom stereocenters. The standard InChI is InChI=1S/C14H19NO4/c1-3-15(8-7-13(16)17)14(18)12-6-4-5-11(9-12)10-19-2/h4-6,9H,3,7-8,10H2,1-2H3,(H,16,17). The second-order valence-electron chi connectivity index (χ2n) is 4.16. The van der Waals surface area contributed by atoms with Gasteiger partial charge in [0.15, 0.2) is 0 Å². The van der Waals surface area contributed by atoms with Gasteiger partial charge in [0.05, 0.1) is 13.0 Å². The minimum Gasteiger partial charge on any atom is -0.481 e. The molecule has 0 aliphatic rings. The van der Waals surface area contributed by atoms with Crippen LogP contribution in [0.2, 0.25) is 0 Å². The quantitative estimate of drug-likeness (QED) is 0.816. The maximum atomic E-state index is 12.2. The van der Waals surface area contributed by atoms with E-state index in [4.69, 9.17) is 9.84 Å². The van der Waals surface area contributed by atoms with Gasteiger partial charge in [-0.25, -0.2) is 0 Å². The number of hydrogen-bond acceptors (Lipinski definition) is 3. The molecule has 19 heavy (non-hydrogen) atoms. The Morgan fingerprint density at radius 3 is 2.68 bits per heavy atom. The molecule has 0 radical (unpaired) electrons. The third-order valence-electron chi connectivity index (χ3n) is 2.75. The Balaban J connectivity index is 2.78. The van der Waals surface area contributed by atoms with E-state index >= 15 is 0 Å². The van der Waals surface area contributed by atoms with E-state index in [1.165, 1.54) is 4.90 Å². The molecule has 1 aromatic rings. The van der Waals surface area contributed by atoms with Crippen LogP contribution in [0, 0.1) is 0 Å². The topological polar surface area (TPSA) is 66.8 Å². The van der Waals surface area contributed by atoms with E-state index in [1.807, 2.05) is 13.0 Å². The molecular weight excluding hydrogens is 246 g/mol. The Labute approximate surface area is 112 Å². The van der Waals surface area contributed by atoms with Crippen LogP contribution < -0.4 is 0 Å². The van der Waals surface area contributed by atoms with Crippen molar-refractivity contribution in [3.8, 4) is 0 Å². The van der Waals surface area contributed by atoms with Crippen molar-refractivity contribution in [1.82, 2.24) is 4.90 Å². The largest absolute Gasteiger partial charge is 0.481 e. The molecule has 0 spiro atoms. The van der Waals surface area contributed by atoms with E-state index in [2.05, 4.69) is 0 Å². The van der Waals surface area contributed by atoms with Crippen LogP contribution >= 0.6 is 0 Å². The molecule has 0 aromatic heterocycles. The zero-order chi connectivity index (χ0) is 14.3. The van der Waals surface area contributed by atoms with Crippen molar-refractivity contribution in [3.05, 3.63) is 35.4 Å². The predicted octanol–water partition coefficient (Wildman–Crippen LogP) is 1.77. The Hall–Kier alpha value is -1.88. The van der Waals surface area contributed by atoms with Crippen molar-refractivity contribution >= 4 is 11.9 Å². The van der Waals surface area contributed by atoms with Gasteiger partial charge in [-0.3, -0.25) is 9.59 Å². The number of nitrogens with zero attached hydrogens (tertiary/aromatic N) is 1. The molecule has 1 N–H and O–H groups in total. The van der Waals surface area contributed by atoms with Crippen molar-refractivity contribution in [1.29, 1.82) is 0 Å². The molecule has 1 amide bonds. The first-order valence-electron chi connectivity index (χ1n) is 6.17. The van der Waals surface area contributed by atoms with E-state index in [0.29, 0.717) is 18.7 Å². The lowest BCUT2D eigenvalue weighted by Gasteiger charge is -2.20. The van der Waals surface area contributed by atoms with Crippen LogP contribution in [0.3, 0.4) is 0 Å². The van der Waals surface area contributed by atoms with E-state index in [-0.39, 0.29) is 18.9 Å². The smallest absolute Gasteiger partial charge is 0.305 e. The second-order valence-corrected chi connectivity index (χ2v) is 4.16. The van der Waals surface area contributed by atoms with E-state index < -0.39 is 5.97 Å². The minimum absolute atomic E-state index is 0.0443. The highest BCUT2D eigenvalue weighted by Crippen LogP contribution is 2.10. The molecule has 0 saturated carbocycles. The molecule has 104 valence electrons. The number of carbonyl (C=O) groups is 2. The van der Waals surface area contributed by atoms with Gasteiger partial charge in [-0.2, -0.15) is 0 Å². The number of aliphatic carboxylic acids is 1. The molecule has 0 heterocycles. The normalized spacial score (nSPS) is 10.2. The first-order valence-corrected chi connectivity index (χ1v) is 6.17. The van der Waals surface area contributed by atoms with Crippen LogP contribution in [-0.4, -0.2) is 42.1 Å². The van der Waals surface area contributed by atoms with E-state index in [1.54, 1.807) is 25.3 Å². The fraction of sp³-hybridized carbons (Fsp3) is 0.429. The summed E-state index contributed by atoms with van der Waals surface area (Å²) in [6, 6.07) is 7.18. The van der Waals surface area contributed by atoms with Gasteiger partial charge in [0.2, 0.25) is 0 Å². The summed E-state index contributed by atoms with van der Waals surface area (Å²) >= 11 is 0. The summed E-state index contributed by atoms with van der Waals surface area (Å²) in [5.41, 5.74) is 1.48. The predicted molar refractivity (Wildman–Crippen MR) is 71.0 cm³/mol.